The summed E-state index contributed by atoms with van der Waals surface area (Å²) in [4.78, 5) is 25.7. The number of carbonyl (C=O) groups excluding carboxylic acids is 2. The minimum absolute atomic E-state index is 0.0658. The Bertz CT molecular complexity index is 1070. The zero-order valence-corrected chi connectivity index (χ0v) is 20.0. The van der Waals surface area contributed by atoms with Crippen molar-refractivity contribution in [1.82, 2.24) is 5.32 Å². The van der Waals surface area contributed by atoms with Gasteiger partial charge in [-0.25, -0.2) is 4.79 Å². The third kappa shape index (κ3) is 6.07. The van der Waals surface area contributed by atoms with E-state index >= 15 is 0 Å². The highest BCUT2D eigenvalue weighted by atomic mass is 32.1. The molecule has 1 aromatic heterocycles. The second kappa shape index (κ2) is 11.4. The molecule has 2 heterocycles. The van der Waals surface area contributed by atoms with Crippen LogP contribution in [-0.4, -0.2) is 44.5 Å². The number of carbonyl (C=O) groups is 2. The number of ether oxygens (including phenoxy) is 3. The number of alkyl carbamates (subject to hydrolysis) is 1. The topological polar surface area (TPSA) is 110 Å². The van der Waals surface area contributed by atoms with E-state index in [0.717, 1.165) is 41.2 Å². The summed E-state index contributed by atoms with van der Waals surface area (Å²) in [7, 11) is 1.61. The molecule has 2 unspecified atom stereocenters. The van der Waals surface area contributed by atoms with E-state index in [0.29, 0.717) is 49.2 Å². The second-order valence-electron chi connectivity index (χ2n) is 8.51. The molecule has 8 nitrogen and oxygen atoms in total. The molecule has 1 saturated heterocycles. The highest BCUT2D eigenvalue weighted by Crippen LogP contribution is 2.38. The van der Waals surface area contributed by atoms with Gasteiger partial charge in [0.1, 0.15) is 22.9 Å². The van der Waals surface area contributed by atoms with Gasteiger partial charge in [0.25, 0.3) is 0 Å². The zero-order valence-electron chi connectivity index (χ0n) is 19.2. The minimum Gasteiger partial charge on any atom is -0.497 e. The first-order chi connectivity index (χ1) is 16.6. The van der Waals surface area contributed by atoms with Gasteiger partial charge in [0.2, 0.25) is 5.91 Å². The van der Waals surface area contributed by atoms with E-state index in [1.807, 2.05) is 24.3 Å². The van der Waals surface area contributed by atoms with Crippen LogP contribution in [0.3, 0.4) is 0 Å². The van der Waals surface area contributed by atoms with Gasteiger partial charge in [0.05, 0.1) is 18.8 Å². The van der Waals surface area contributed by atoms with Crippen molar-refractivity contribution in [1.29, 1.82) is 5.26 Å². The van der Waals surface area contributed by atoms with Gasteiger partial charge < -0.3 is 24.8 Å². The van der Waals surface area contributed by atoms with Crippen LogP contribution in [0.25, 0.3) is 0 Å². The normalized spacial score (nSPS) is 19.1. The number of nitrogens with one attached hydrogen (secondary N) is 2. The Morgan fingerprint density at radius 3 is 2.97 bits per heavy atom. The number of amides is 2. The van der Waals surface area contributed by atoms with Crippen molar-refractivity contribution in [2.75, 3.05) is 25.6 Å². The first kappa shape index (κ1) is 24.0. The lowest BCUT2D eigenvalue weighted by molar-refractivity contribution is -0.116. The van der Waals surface area contributed by atoms with Crippen LogP contribution in [0.5, 0.6) is 5.75 Å². The molecule has 1 fully saturated rings. The summed E-state index contributed by atoms with van der Waals surface area (Å²) in [5.74, 6) is 0.618. The summed E-state index contributed by atoms with van der Waals surface area (Å²) in [6.07, 6.45) is 4.06. The number of fused-ring (bicyclic) bond motifs is 1. The van der Waals surface area contributed by atoms with E-state index in [1.165, 1.54) is 11.3 Å². The first-order valence-electron chi connectivity index (χ1n) is 11.6. The maximum atomic E-state index is 12.6. The summed E-state index contributed by atoms with van der Waals surface area (Å²) >= 11 is 1.40. The molecule has 9 heteroatoms. The van der Waals surface area contributed by atoms with Crippen LogP contribution in [0.15, 0.2) is 24.3 Å². The Morgan fingerprint density at radius 2 is 2.21 bits per heavy atom. The van der Waals surface area contributed by atoms with E-state index in [-0.39, 0.29) is 18.1 Å². The van der Waals surface area contributed by atoms with Gasteiger partial charge in [0.15, 0.2) is 0 Å². The fourth-order valence-corrected chi connectivity index (χ4v) is 5.61. The fourth-order valence-electron chi connectivity index (χ4n) is 4.33. The lowest BCUT2D eigenvalue weighted by atomic mass is 9.94. The number of hydrogen-bond donors (Lipinski definition) is 2. The van der Waals surface area contributed by atoms with Gasteiger partial charge in [0, 0.05) is 30.9 Å². The molecular weight excluding hydrogens is 454 g/mol. The van der Waals surface area contributed by atoms with E-state index in [1.54, 1.807) is 7.11 Å². The smallest absolute Gasteiger partial charge is 0.407 e. The molecule has 0 saturated carbocycles. The maximum absolute atomic E-state index is 12.6. The SMILES string of the molecule is COc1cccc(CCC(=O)Nc2sc3c(c2C#N)CCC(OC(=O)NCC2CCCO2)C3)c1. The van der Waals surface area contributed by atoms with Crippen molar-refractivity contribution in [2.45, 2.75) is 57.2 Å². The molecule has 1 aliphatic heterocycles. The number of nitriles is 1. The number of nitrogens with zero attached hydrogens (tertiary/aromatic N) is 1. The van der Waals surface area contributed by atoms with Gasteiger partial charge >= 0.3 is 6.09 Å². The minimum atomic E-state index is -0.438. The number of benzene rings is 1. The average molecular weight is 484 g/mol. The molecule has 0 bridgehead atoms. The molecule has 4 rings (SSSR count). The Kier molecular flexibility index (Phi) is 8.03. The quantitative estimate of drug-likeness (QED) is 0.588. The maximum Gasteiger partial charge on any atom is 0.407 e. The van der Waals surface area contributed by atoms with Crippen LogP contribution in [0.1, 0.15) is 47.3 Å². The molecule has 34 heavy (non-hydrogen) atoms. The molecule has 0 spiro atoms. The Balaban J connectivity index is 1.31. The predicted octanol–water partition coefficient (Wildman–Crippen LogP) is 3.96. The van der Waals surface area contributed by atoms with Crippen LogP contribution >= 0.6 is 11.3 Å². The van der Waals surface area contributed by atoms with Crippen LogP contribution in [0.4, 0.5) is 9.80 Å². The predicted molar refractivity (Wildman–Crippen MR) is 128 cm³/mol. The molecule has 2 N–H and O–H groups in total. The second-order valence-corrected chi connectivity index (χ2v) is 9.61. The monoisotopic (exact) mass is 483 g/mol. The Labute approximate surface area is 203 Å². The number of methoxy groups -OCH3 is 1. The summed E-state index contributed by atoms with van der Waals surface area (Å²) in [6, 6.07) is 9.88. The van der Waals surface area contributed by atoms with Crippen LogP contribution < -0.4 is 15.4 Å². The van der Waals surface area contributed by atoms with Crippen molar-refractivity contribution in [3.63, 3.8) is 0 Å². The summed E-state index contributed by atoms with van der Waals surface area (Å²) in [5.41, 5.74) is 2.49. The molecule has 2 amide bonds. The highest BCUT2D eigenvalue weighted by Gasteiger charge is 2.28. The molecule has 180 valence electrons. The molecular formula is C25H29N3O5S. The van der Waals surface area contributed by atoms with Crippen molar-refractivity contribution in [3.05, 3.63) is 45.8 Å². The van der Waals surface area contributed by atoms with E-state index in [9.17, 15) is 14.9 Å². The Morgan fingerprint density at radius 1 is 1.32 bits per heavy atom. The van der Waals surface area contributed by atoms with Crippen molar-refractivity contribution >= 4 is 28.3 Å². The number of hydrogen-bond acceptors (Lipinski definition) is 7. The number of aryl methyl sites for hydroxylation is 1. The van der Waals surface area contributed by atoms with Crippen molar-refractivity contribution < 1.29 is 23.8 Å². The Hall–Kier alpha value is -3.09. The summed E-state index contributed by atoms with van der Waals surface area (Å²) in [5, 5.41) is 16.0. The third-order valence-corrected chi connectivity index (χ3v) is 7.30. The summed E-state index contributed by atoms with van der Waals surface area (Å²) < 4.78 is 16.3. The summed E-state index contributed by atoms with van der Waals surface area (Å²) in [6.45, 7) is 1.20. The van der Waals surface area contributed by atoms with Gasteiger partial charge in [-0.15, -0.1) is 11.3 Å². The lowest BCUT2D eigenvalue weighted by Gasteiger charge is -2.23. The van der Waals surface area contributed by atoms with Crippen molar-refractivity contribution in [2.24, 2.45) is 0 Å². The molecule has 2 aromatic rings. The van der Waals surface area contributed by atoms with Crippen LogP contribution in [0.2, 0.25) is 0 Å². The highest BCUT2D eigenvalue weighted by molar-refractivity contribution is 7.16. The fraction of sp³-hybridized carbons (Fsp3) is 0.480. The van der Waals surface area contributed by atoms with E-state index in [2.05, 4.69) is 16.7 Å². The van der Waals surface area contributed by atoms with Gasteiger partial charge in [-0.1, -0.05) is 12.1 Å². The third-order valence-electron chi connectivity index (χ3n) is 6.13. The molecule has 2 atom stereocenters. The number of thiophene rings is 1. The van der Waals surface area contributed by atoms with Gasteiger partial charge in [-0.05, 0) is 55.4 Å². The molecule has 2 aliphatic rings. The van der Waals surface area contributed by atoms with Crippen LogP contribution in [-0.2, 0) is 33.5 Å². The van der Waals surface area contributed by atoms with E-state index in [4.69, 9.17) is 14.2 Å². The number of rotatable bonds is 8. The van der Waals surface area contributed by atoms with Crippen molar-refractivity contribution in [3.8, 4) is 11.8 Å². The molecule has 0 radical (unpaired) electrons. The van der Waals surface area contributed by atoms with E-state index < -0.39 is 6.09 Å². The lowest BCUT2D eigenvalue weighted by Crippen LogP contribution is -2.36. The van der Waals surface area contributed by atoms with Gasteiger partial charge in [-0.2, -0.15) is 5.26 Å². The standard InChI is InChI=1S/C25H29N3O5S/c1-31-17-5-2-4-16(12-17)7-10-23(29)28-24-21(14-26)20-9-8-18(13-22(20)34-24)33-25(30)27-15-19-6-3-11-32-19/h2,4-5,12,18-19H,3,6-11,13,15H2,1H3,(H,27,30)(H,28,29). The largest absolute Gasteiger partial charge is 0.497 e. The molecule has 1 aromatic carbocycles. The van der Waals surface area contributed by atoms with Crippen LogP contribution in [0, 0.1) is 11.3 Å². The van der Waals surface area contributed by atoms with Gasteiger partial charge in [-0.3, -0.25) is 4.79 Å². The first-order valence-corrected chi connectivity index (χ1v) is 12.4. The molecule has 1 aliphatic carbocycles. The average Bonchev–Trinajstić information content (AvgIpc) is 3.48. The zero-order chi connectivity index (χ0) is 23.9. The number of anilines is 1.